The van der Waals surface area contributed by atoms with Crippen LogP contribution in [0.25, 0.3) is 0 Å². The maximum atomic E-state index is 3.07. The van der Waals surface area contributed by atoms with Crippen molar-refractivity contribution in [3.05, 3.63) is 121 Å². The number of hydrogen-bond donors (Lipinski definition) is 0. The molecule has 49 heavy (non-hydrogen) atoms. The van der Waals surface area contributed by atoms with E-state index >= 15 is 0 Å². The third-order valence-corrected chi connectivity index (χ3v) is 47.3. The van der Waals surface area contributed by atoms with Crippen molar-refractivity contribution < 1.29 is 20.4 Å². The van der Waals surface area contributed by atoms with Gasteiger partial charge >= 0.3 is 134 Å². The molecule has 2 nitrogen and oxygen atoms in total. The van der Waals surface area contributed by atoms with Crippen LogP contribution in [0.5, 0.6) is 0 Å². The summed E-state index contributed by atoms with van der Waals surface area (Å²) in [7, 11) is -6.32. The van der Waals surface area contributed by atoms with Crippen LogP contribution >= 0.6 is 15.8 Å². The van der Waals surface area contributed by atoms with Gasteiger partial charge < -0.3 is 13.5 Å². The van der Waals surface area contributed by atoms with E-state index in [0.29, 0.717) is 0 Å². The predicted octanol–water partition coefficient (Wildman–Crippen LogP) is 8.91. The van der Waals surface area contributed by atoms with Gasteiger partial charge in [-0.05, 0) is 48.5 Å². The summed E-state index contributed by atoms with van der Waals surface area (Å²) in [5, 5.41) is 6.06. The van der Waals surface area contributed by atoms with E-state index in [1.54, 1.807) is 0 Å². The van der Waals surface area contributed by atoms with Crippen LogP contribution in [0.2, 0.25) is 78.6 Å². The van der Waals surface area contributed by atoms with E-state index in [4.69, 9.17) is 0 Å². The van der Waals surface area contributed by atoms with Gasteiger partial charge in [-0.25, -0.2) is 0 Å². The van der Waals surface area contributed by atoms with Crippen LogP contribution < -0.4 is 21.2 Å². The quantitative estimate of drug-likeness (QED) is 0.0573. The third-order valence-electron chi connectivity index (χ3n) is 8.00. The Balaban J connectivity index is 0.000000509. The summed E-state index contributed by atoms with van der Waals surface area (Å²) in [4.78, 5) is 0. The SMILES string of the molecule is C[Si](C)(C)[N]([Ge][N]([Si](C)(C)C)[Si](C)(C)C)[Si](C)(C)C.[Pd].[SH-].c1ccc([PH+](CC[PH+](c2ccccc2)c2ccccc2)c2ccccc2)cc1. The molecular weight excluding hydrogens is 870 g/mol. The Morgan fingerprint density at radius 1 is 0.388 bits per heavy atom. The molecule has 2 radical (unpaired) electrons. The zero-order valence-corrected chi connectivity index (χ0v) is 42.7. The van der Waals surface area contributed by atoms with Crippen LogP contribution in [0.3, 0.4) is 0 Å². The van der Waals surface area contributed by atoms with Gasteiger partial charge in [0, 0.05) is 20.4 Å². The van der Waals surface area contributed by atoms with Gasteiger partial charge in [-0.1, -0.05) is 72.8 Å². The predicted molar refractivity (Wildman–Crippen MR) is 242 cm³/mol. The minimum Gasteiger partial charge on any atom is -0.813 e. The van der Waals surface area contributed by atoms with Gasteiger partial charge in [-0.3, -0.25) is 0 Å². The molecule has 0 aromatic heterocycles. The van der Waals surface area contributed by atoms with E-state index < -0.39 is 48.8 Å². The smallest absolute Gasteiger partial charge is 0.101 e. The molecule has 270 valence electrons. The molecule has 0 heterocycles. The Morgan fingerprint density at radius 3 is 0.735 bits per heavy atom. The molecule has 0 fully saturated rings. The van der Waals surface area contributed by atoms with Crippen molar-refractivity contribution in [3.8, 4) is 0 Å². The van der Waals surface area contributed by atoms with Gasteiger partial charge in [-0.15, -0.1) is 0 Å². The van der Waals surface area contributed by atoms with Gasteiger partial charge in [0.1, 0.15) is 12.3 Å². The molecule has 0 aliphatic carbocycles. The second kappa shape index (κ2) is 21.1. The second-order valence-corrected chi connectivity index (χ2v) is 47.7. The molecule has 0 N–H and O–H groups in total. The van der Waals surface area contributed by atoms with Crippen molar-refractivity contribution in [1.29, 1.82) is 0 Å². The average Bonchev–Trinajstić information content (AvgIpc) is 2.99. The summed E-state index contributed by atoms with van der Waals surface area (Å²) in [6.07, 6.45) is 2.52. The van der Waals surface area contributed by atoms with Crippen molar-refractivity contribution in [2.45, 2.75) is 78.6 Å². The molecule has 0 saturated heterocycles. The fourth-order valence-electron chi connectivity index (χ4n) is 6.43. The van der Waals surface area contributed by atoms with E-state index in [1.807, 2.05) is 0 Å². The third kappa shape index (κ3) is 15.5. The van der Waals surface area contributed by atoms with Crippen LogP contribution in [-0.2, 0) is 33.9 Å². The summed E-state index contributed by atoms with van der Waals surface area (Å²) >= 11 is -0.114. The number of benzene rings is 4. The van der Waals surface area contributed by atoms with Gasteiger partial charge in [0.05, 0.1) is 37.1 Å². The molecule has 0 saturated carbocycles. The molecule has 0 bridgehead atoms. The summed E-state index contributed by atoms with van der Waals surface area (Å²) < 4.78 is 6.13. The Hall–Kier alpha value is 0.0827. The zero-order chi connectivity index (χ0) is 34.9. The first-order chi connectivity index (χ1) is 21.9. The van der Waals surface area contributed by atoms with Crippen LogP contribution in [0.15, 0.2) is 121 Å². The maximum absolute atomic E-state index is 3.07. The van der Waals surface area contributed by atoms with Crippen molar-refractivity contribution in [2.75, 3.05) is 12.3 Å². The summed E-state index contributed by atoms with van der Waals surface area (Å²) in [5.74, 6) is 0. The number of hydrogen-bond acceptors (Lipinski definition) is 3. The van der Waals surface area contributed by atoms with Crippen molar-refractivity contribution >= 4 is 99.4 Å². The zero-order valence-electron chi connectivity index (χ0n) is 32.1. The summed E-state index contributed by atoms with van der Waals surface area (Å²) in [6, 6.07) is 44.5. The molecule has 0 spiro atoms. The number of rotatable bonds is 13. The normalized spacial score (nSPS) is 12.3. The first-order valence-electron chi connectivity index (χ1n) is 17.2. The first-order valence-corrected chi connectivity index (χ1v) is 36.3. The maximum Gasteiger partial charge on any atom is 0.101 e. The first kappa shape index (κ1) is 47.1. The Morgan fingerprint density at radius 2 is 0.571 bits per heavy atom. The molecule has 4 rings (SSSR count). The van der Waals surface area contributed by atoms with Gasteiger partial charge in [0.2, 0.25) is 0 Å². The van der Waals surface area contributed by atoms with Gasteiger partial charge in [0.15, 0.2) is 0 Å². The topological polar surface area (TPSA) is 6.48 Å². The minimum atomic E-state index is -1.19. The molecule has 11 heteroatoms. The summed E-state index contributed by atoms with van der Waals surface area (Å²) in [6.45, 7) is 30.5. The average molecular weight is 933 g/mol. The van der Waals surface area contributed by atoms with Crippen molar-refractivity contribution in [1.82, 2.24) is 6.38 Å². The largest absolute Gasteiger partial charge is 0.813 e. The molecule has 0 amide bonds. The van der Waals surface area contributed by atoms with Gasteiger partial charge in [0.25, 0.3) is 0 Å². The Labute approximate surface area is 335 Å². The second-order valence-electron chi connectivity index (χ2n) is 16.4. The van der Waals surface area contributed by atoms with Crippen LogP contribution in [0, 0.1) is 0 Å². The van der Waals surface area contributed by atoms with Crippen LogP contribution in [-0.4, -0.2) is 67.5 Å². The van der Waals surface area contributed by atoms with E-state index in [0.717, 1.165) is 0 Å². The standard InChI is InChI=1S/C26H24P2.C12H36GeN2Si4.Pd.H2S/c1-5-13-23(14-6-1)27(24-15-7-2-8-16-24)21-22-28(25-17-9-3-10-18-25)26-19-11-4-12-20-26;1-16(2,3)14(17(4,5)6)13-15(18(7,8)9)19(10,11)12;;/h1-20H,21-22H2;1-12H3;;1H2/p+1. The van der Waals surface area contributed by atoms with E-state index in [9.17, 15) is 0 Å². The number of thiol groups is 1. The molecule has 4 aromatic carbocycles. The van der Waals surface area contributed by atoms with E-state index in [1.165, 1.54) is 33.5 Å². The monoisotopic (exact) mass is 933 g/mol. The van der Waals surface area contributed by atoms with Gasteiger partial charge in [-0.2, -0.15) is 0 Å². The molecule has 0 aliphatic heterocycles. The van der Waals surface area contributed by atoms with Crippen LogP contribution in [0.4, 0.5) is 0 Å². The molecule has 4 aromatic rings. The van der Waals surface area contributed by atoms with E-state index in [2.05, 4.69) is 206 Å². The summed E-state index contributed by atoms with van der Waals surface area (Å²) in [5.41, 5.74) is 0. The fraction of sp³-hybridized carbons (Fsp3) is 0.368. The fourth-order valence-corrected chi connectivity index (χ4v) is 42.1. The minimum absolute atomic E-state index is 0. The van der Waals surface area contributed by atoms with Crippen molar-refractivity contribution in [3.63, 3.8) is 0 Å². The Bertz CT molecular complexity index is 1250. The molecule has 0 atom stereocenters. The van der Waals surface area contributed by atoms with E-state index in [-0.39, 0.29) is 49.8 Å². The number of nitrogens with zero attached hydrogens (tertiary/aromatic N) is 2. The van der Waals surface area contributed by atoms with Crippen LogP contribution in [0.1, 0.15) is 0 Å². The molecular formula is C38H63GeN2P2PdSSi4+. The Kier molecular flexibility index (Phi) is 20.3. The van der Waals surface area contributed by atoms with Crippen molar-refractivity contribution in [2.24, 2.45) is 0 Å². The molecule has 0 aliphatic rings. The molecule has 0 unspecified atom stereocenters.